The van der Waals surface area contributed by atoms with E-state index >= 15 is 0 Å². The van der Waals surface area contributed by atoms with Gasteiger partial charge in [-0.15, -0.1) is 0 Å². The number of halogens is 1. The maximum Gasteiger partial charge on any atom is 0.411 e. The van der Waals surface area contributed by atoms with Gasteiger partial charge in [0, 0.05) is 17.6 Å². The summed E-state index contributed by atoms with van der Waals surface area (Å²) in [6.07, 6.45) is 6.38. The second-order valence-electron chi connectivity index (χ2n) is 9.25. The molecule has 36 heavy (non-hydrogen) atoms. The van der Waals surface area contributed by atoms with Gasteiger partial charge in [-0.2, -0.15) is 4.98 Å². The van der Waals surface area contributed by atoms with Gasteiger partial charge in [0.05, 0.1) is 11.9 Å². The van der Waals surface area contributed by atoms with E-state index in [0.717, 1.165) is 11.8 Å². The number of hydrogen-bond acceptors (Lipinski definition) is 8. The molecule has 1 atom stereocenters. The molecule has 3 N–H and O–H groups in total. The van der Waals surface area contributed by atoms with Gasteiger partial charge in [0.25, 0.3) is 11.9 Å². The number of benzene rings is 1. The number of rotatable bonds is 4. The molecule has 0 spiro atoms. The van der Waals surface area contributed by atoms with Crippen LogP contribution in [0.5, 0.6) is 5.75 Å². The maximum absolute atomic E-state index is 14.4. The number of fused-ring (bicyclic) bond motifs is 1. The Balaban J connectivity index is 1.43. The van der Waals surface area contributed by atoms with Crippen molar-refractivity contribution in [3.8, 4) is 5.75 Å². The Morgan fingerprint density at radius 1 is 1.31 bits per heavy atom. The number of alkyl carbamates (subject to hydrolysis) is 1. The number of carbonyl (C=O) groups excluding carboxylic acids is 2. The Bertz CT molecular complexity index is 1280. The lowest BCUT2D eigenvalue weighted by Gasteiger charge is -2.23. The first kappa shape index (κ1) is 24.8. The highest BCUT2D eigenvalue weighted by Gasteiger charge is 2.23. The molecule has 0 radical (unpaired) electrons. The molecule has 2 aliphatic rings. The quantitative estimate of drug-likeness (QED) is 0.551. The second-order valence-corrected chi connectivity index (χ2v) is 9.25. The van der Waals surface area contributed by atoms with Gasteiger partial charge in [0.15, 0.2) is 17.7 Å². The highest BCUT2D eigenvalue weighted by Crippen LogP contribution is 2.33. The summed E-state index contributed by atoms with van der Waals surface area (Å²) in [5.74, 6) is -0.334. The standard InChI is InChI=1S/C25H27FN6O4/c1-14-22(33)31-19-11-17(9-10-20(19)35-14)29-21-18(26)13-27-23(32-21)30-16-7-5-15(6-8-16)12-28-24(34)36-25(2,3)4/h5,7,9-14H,6,8H2,1-4H3,(H,28,34)(H,31,33)(H,27,29,32)/t14-/m0/s1. The monoisotopic (exact) mass is 494 g/mol. The number of aliphatic imine (C=N–C) groups is 1. The van der Waals surface area contributed by atoms with Crippen LogP contribution in [0.1, 0.15) is 40.5 Å². The highest BCUT2D eigenvalue weighted by atomic mass is 19.1. The van der Waals surface area contributed by atoms with Crippen molar-refractivity contribution in [2.45, 2.75) is 52.2 Å². The number of hydrogen-bond donors (Lipinski definition) is 3. The average Bonchev–Trinajstić information content (AvgIpc) is 2.81. The van der Waals surface area contributed by atoms with Gasteiger partial charge in [0.2, 0.25) is 0 Å². The van der Waals surface area contributed by atoms with E-state index in [2.05, 4.69) is 30.9 Å². The minimum atomic E-state index is -0.650. The fraction of sp³-hybridized carbons (Fsp3) is 0.320. The summed E-state index contributed by atoms with van der Waals surface area (Å²) in [5.41, 5.74) is 2.03. The zero-order valence-electron chi connectivity index (χ0n) is 20.4. The molecular weight excluding hydrogens is 467 g/mol. The number of nitrogens with one attached hydrogen (secondary N) is 3. The molecule has 11 heteroatoms. The first-order valence-corrected chi connectivity index (χ1v) is 11.4. The van der Waals surface area contributed by atoms with Crippen LogP contribution < -0.4 is 20.7 Å². The molecular formula is C25H27FN6O4. The summed E-state index contributed by atoms with van der Waals surface area (Å²) >= 11 is 0. The van der Waals surface area contributed by atoms with E-state index in [9.17, 15) is 14.0 Å². The molecule has 0 unspecified atom stereocenters. The molecule has 10 nitrogen and oxygen atoms in total. The molecule has 1 aliphatic carbocycles. The van der Waals surface area contributed by atoms with Crippen molar-refractivity contribution in [3.63, 3.8) is 0 Å². The number of allylic oxidation sites excluding steroid dienone is 3. The van der Waals surface area contributed by atoms with Crippen molar-refractivity contribution < 1.29 is 23.5 Å². The molecule has 0 saturated carbocycles. The third-order valence-electron chi connectivity index (χ3n) is 5.08. The summed E-state index contributed by atoms with van der Waals surface area (Å²) in [5, 5.41) is 8.26. The van der Waals surface area contributed by atoms with Crippen LogP contribution >= 0.6 is 0 Å². The van der Waals surface area contributed by atoms with Crippen molar-refractivity contribution in [1.29, 1.82) is 0 Å². The first-order chi connectivity index (χ1) is 17.1. The first-order valence-electron chi connectivity index (χ1n) is 11.4. The van der Waals surface area contributed by atoms with E-state index in [1.165, 1.54) is 0 Å². The molecule has 4 rings (SSSR count). The molecule has 1 aromatic heterocycles. The topological polar surface area (TPSA) is 127 Å². The third-order valence-corrected chi connectivity index (χ3v) is 5.08. The second kappa shape index (κ2) is 10.1. The summed E-state index contributed by atoms with van der Waals surface area (Å²) in [6, 6.07) is 5.01. The van der Waals surface area contributed by atoms with Gasteiger partial charge in [-0.05, 0) is 70.4 Å². The Morgan fingerprint density at radius 3 is 2.83 bits per heavy atom. The van der Waals surface area contributed by atoms with Crippen LogP contribution in [0, 0.1) is 5.82 Å². The fourth-order valence-corrected chi connectivity index (χ4v) is 3.37. The van der Waals surface area contributed by atoms with Crippen LogP contribution in [0.2, 0.25) is 0 Å². The summed E-state index contributed by atoms with van der Waals surface area (Å²) in [7, 11) is 0. The van der Waals surface area contributed by atoms with Gasteiger partial charge in [0.1, 0.15) is 11.4 Å². The van der Waals surface area contributed by atoms with Gasteiger partial charge in [-0.1, -0.05) is 6.08 Å². The van der Waals surface area contributed by atoms with Crippen LogP contribution in [0.3, 0.4) is 0 Å². The zero-order valence-corrected chi connectivity index (χ0v) is 20.4. The molecule has 1 aliphatic heterocycles. The highest BCUT2D eigenvalue weighted by molar-refractivity contribution is 5.98. The molecule has 2 amide bonds. The Kier molecular flexibility index (Phi) is 7.00. The molecule has 0 fully saturated rings. The van der Waals surface area contributed by atoms with Crippen LogP contribution in [0.15, 0.2) is 53.3 Å². The zero-order chi connectivity index (χ0) is 25.9. The number of amides is 2. The van der Waals surface area contributed by atoms with Crippen LogP contribution in [-0.2, 0) is 9.53 Å². The van der Waals surface area contributed by atoms with E-state index in [4.69, 9.17) is 9.47 Å². The van der Waals surface area contributed by atoms with Gasteiger partial charge in [-0.3, -0.25) is 10.1 Å². The lowest BCUT2D eigenvalue weighted by Crippen LogP contribution is -2.34. The number of carbonyl (C=O) groups is 2. The van der Waals surface area contributed by atoms with E-state index < -0.39 is 23.6 Å². The fourth-order valence-electron chi connectivity index (χ4n) is 3.37. The molecule has 0 bridgehead atoms. The predicted octanol–water partition coefficient (Wildman–Crippen LogP) is 4.91. The van der Waals surface area contributed by atoms with Crippen molar-refractivity contribution in [2.75, 3.05) is 10.6 Å². The lowest BCUT2D eigenvalue weighted by molar-refractivity contribution is -0.122. The Hall–Kier alpha value is -4.28. The number of anilines is 3. The van der Waals surface area contributed by atoms with Crippen molar-refractivity contribution in [3.05, 3.63) is 54.1 Å². The molecule has 2 aromatic rings. The molecule has 2 heterocycles. The summed E-state index contributed by atoms with van der Waals surface area (Å²) < 4.78 is 25.1. The normalized spacial score (nSPS) is 19.4. The lowest BCUT2D eigenvalue weighted by atomic mass is 10.0. The predicted molar refractivity (Wildman–Crippen MR) is 133 cm³/mol. The van der Waals surface area contributed by atoms with E-state index in [1.807, 2.05) is 6.08 Å². The summed E-state index contributed by atoms with van der Waals surface area (Å²) in [6.45, 7) is 7.04. The van der Waals surface area contributed by atoms with Gasteiger partial charge in [-0.25, -0.2) is 19.2 Å². The van der Waals surface area contributed by atoms with Crippen LogP contribution in [0.4, 0.5) is 32.3 Å². The number of aromatic nitrogens is 2. The van der Waals surface area contributed by atoms with Gasteiger partial charge >= 0.3 is 6.09 Å². The molecule has 188 valence electrons. The number of nitrogens with zero attached hydrogens (tertiary/aromatic N) is 3. The maximum atomic E-state index is 14.4. The average molecular weight is 495 g/mol. The minimum absolute atomic E-state index is 0.0531. The van der Waals surface area contributed by atoms with E-state index in [0.29, 0.717) is 35.7 Å². The molecule has 0 saturated heterocycles. The summed E-state index contributed by atoms with van der Waals surface area (Å²) in [4.78, 5) is 36.2. The SMILES string of the molecule is C[C@@H]1Oc2ccc(Nc3nc(N=C4C=CC(=CNC(=O)OC(C)(C)C)CC4)ncc3F)cc2NC1=O. The van der Waals surface area contributed by atoms with Crippen LogP contribution in [-0.4, -0.2) is 39.4 Å². The van der Waals surface area contributed by atoms with Crippen LogP contribution in [0.25, 0.3) is 0 Å². The van der Waals surface area contributed by atoms with Crippen molar-refractivity contribution in [1.82, 2.24) is 15.3 Å². The Morgan fingerprint density at radius 2 is 2.11 bits per heavy atom. The minimum Gasteiger partial charge on any atom is -0.479 e. The van der Waals surface area contributed by atoms with Gasteiger partial charge < -0.3 is 20.1 Å². The smallest absolute Gasteiger partial charge is 0.411 e. The van der Waals surface area contributed by atoms with Crippen molar-refractivity contribution in [2.24, 2.45) is 4.99 Å². The largest absolute Gasteiger partial charge is 0.479 e. The van der Waals surface area contributed by atoms with Crippen molar-refractivity contribution >= 4 is 40.9 Å². The molecule has 1 aromatic carbocycles. The Labute approximate surface area is 207 Å². The third kappa shape index (κ3) is 6.44. The van der Waals surface area contributed by atoms with E-state index in [-0.39, 0.29) is 17.7 Å². The number of ether oxygens (including phenoxy) is 2. The van der Waals surface area contributed by atoms with E-state index in [1.54, 1.807) is 58.2 Å².